The van der Waals surface area contributed by atoms with Gasteiger partial charge in [-0.05, 0) is 32.7 Å². The maximum atomic E-state index is 3.59. The van der Waals surface area contributed by atoms with Crippen LogP contribution in [0.2, 0.25) is 0 Å². The molecule has 2 heteroatoms. The average Bonchev–Trinajstić information content (AvgIpc) is 2.17. The molecule has 0 aromatic heterocycles. The van der Waals surface area contributed by atoms with E-state index < -0.39 is 0 Å². The topological polar surface area (TPSA) is 24.1 Å². The molecule has 78 valence electrons. The smallest absolute Gasteiger partial charge is 0.0192 e. The van der Waals surface area contributed by atoms with Crippen molar-refractivity contribution in [3.8, 4) is 0 Å². The molecule has 2 nitrogen and oxygen atoms in total. The molecule has 0 bridgehead atoms. The van der Waals surface area contributed by atoms with Gasteiger partial charge in [-0.15, -0.1) is 0 Å². The molecule has 0 radical (unpaired) electrons. The molecule has 0 saturated carbocycles. The van der Waals surface area contributed by atoms with E-state index in [0.717, 1.165) is 12.6 Å². The van der Waals surface area contributed by atoms with Crippen molar-refractivity contribution in [3.05, 3.63) is 0 Å². The summed E-state index contributed by atoms with van der Waals surface area (Å²) in [4.78, 5) is 0. The fourth-order valence-corrected chi connectivity index (χ4v) is 1.98. The van der Waals surface area contributed by atoms with Gasteiger partial charge in [0.05, 0.1) is 0 Å². The third kappa shape index (κ3) is 4.63. The van der Waals surface area contributed by atoms with Gasteiger partial charge in [-0.2, -0.15) is 0 Å². The summed E-state index contributed by atoms with van der Waals surface area (Å²) in [5.41, 5.74) is 0. The summed E-state index contributed by atoms with van der Waals surface area (Å²) in [5.74, 6) is 0. The number of hydrogen-bond donors (Lipinski definition) is 2. The van der Waals surface area contributed by atoms with Crippen LogP contribution in [0.4, 0.5) is 0 Å². The SMILES string of the molecule is CCCC(C)NCC1CCCCN1. The van der Waals surface area contributed by atoms with Crippen molar-refractivity contribution >= 4 is 0 Å². The Morgan fingerprint density at radius 3 is 2.92 bits per heavy atom. The predicted octanol–water partition coefficient (Wildman–Crippen LogP) is 1.91. The second kappa shape index (κ2) is 6.39. The van der Waals surface area contributed by atoms with Crippen LogP contribution in [-0.4, -0.2) is 25.2 Å². The Kier molecular flexibility index (Phi) is 5.40. The number of rotatable bonds is 5. The first-order chi connectivity index (χ1) is 6.33. The van der Waals surface area contributed by atoms with Gasteiger partial charge >= 0.3 is 0 Å². The van der Waals surface area contributed by atoms with Crippen LogP contribution in [0.3, 0.4) is 0 Å². The Morgan fingerprint density at radius 1 is 1.46 bits per heavy atom. The second-order valence-corrected chi connectivity index (χ2v) is 4.24. The standard InChI is InChI=1S/C11H24N2/c1-3-6-10(2)13-9-11-7-4-5-8-12-11/h10-13H,3-9H2,1-2H3. The first-order valence-electron chi connectivity index (χ1n) is 5.79. The maximum Gasteiger partial charge on any atom is 0.0192 e. The van der Waals surface area contributed by atoms with Gasteiger partial charge in [0.2, 0.25) is 0 Å². The minimum atomic E-state index is 0.689. The minimum Gasteiger partial charge on any atom is -0.313 e. The van der Waals surface area contributed by atoms with Crippen LogP contribution in [0, 0.1) is 0 Å². The monoisotopic (exact) mass is 184 g/mol. The lowest BCUT2D eigenvalue weighted by molar-refractivity contribution is 0.364. The van der Waals surface area contributed by atoms with Crippen LogP contribution in [0.25, 0.3) is 0 Å². The first kappa shape index (κ1) is 11.0. The van der Waals surface area contributed by atoms with Crippen molar-refractivity contribution < 1.29 is 0 Å². The second-order valence-electron chi connectivity index (χ2n) is 4.24. The summed E-state index contributed by atoms with van der Waals surface area (Å²) in [6.45, 7) is 6.90. The molecule has 1 rings (SSSR count). The van der Waals surface area contributed by atoms with Crippen LogP contribution in [-0.2, 0) is 0 Å². The van der Waals surface area contributed by atoms with Crippen molar-refractivity contribution in [1.82, 2.24) is 10.6 Å². The van der Waals surface area contributed by atoms with E-state index in [1.165, 1.54) is 38.6 Å². The Hall–Kier alpha value is -0.0800. The highest BCUT2D eigenvalue weighted by molar-refractivity contribution is 4.75. The summed E-state index contributed by atoms with van der Waals surface area (Å²) in [6.07, 6.45) is 6.70. The summed E-state index contributed by atoms with van der Waals surface area (Å²) in [7, 11) is 0. The molecule has 1 saturated heterocycles. The van der Waals surface area contributed by atoms with Crippen LogP contribution < -0.4 is 10.6 Å². The summed E-state index contributed by atoms with van der Waals surface area (Å²) >= 11 is 0. The number of hydrogen-bond acceptors (Lipinski definition) is 2. The lowest BCUT2D eigenvalue weighted by Crippen LogP contribution is -2.44. The van der Waals surface area contributed by atoms with E-state index >= 15 is 0 Å². The zero-order valence-electron chi connectivity index (χ0n) is 9.10. The Bertz CT molecular complexity index is 119. The molecule has 2 N–H and O–H groups in total. The minimum absolute atomic E-state index is 0.689. The molecule has 0 aromatic carbocycles. The highest BCUT2D eigenvalue weighted by Gasteiger charge is 2.12. The van der Waals surface area contributed by atoms with Gasteiger partial charge < -0.3 is 10.6 Å². The molecule has 0 amide bonds. The van der Waals surface area contributed by atoms with Crippen LogP contribution >= 0.6 is 0 Å². The van der Waals surface area contributed by atoms with Gasteiger partial charge in [-0.1, -0.05) is 19.8 Å². The van der Waals surface area contributed by atoms with E-state index in [4.69, 9.17) is 0 Å². The molecule has 2 atom stereocenters. The molecule has 2 unspecified atom stereocenters. The van der Waals surface area contributed by atoms with E-state index in [1.54, 1.807) is 0 Å². The molecule has 0 aromatic rings. The molecule has 1 aliphatic rings. The van der Waals surface area contributed by atoms with E-state index in [-0.39, 0.29) is 0 Å². The third-order valence-electron chi connectivity index (χ3n) is 2.85. The molecular formula is C11H24N2. The molecule has 1 aliphatic heterocycles. The van der Waals surface area contributed by atoms with Crippen molar-refractivity contribution in [2.45, 2.75) is 58.0 Å². The molecular weight excluding hydrogens is 160 g/mol. The third-order valence-corrected chi connectivity index (χ3v) is 2.85. The molecule has 1 heterocycles. The Labute approximate surface area is 82.5 Å². The molecule has 0 spiro atoms. The van der Waals surface area contributed by atoms with Gasteiger partial charge in [0.25, 0.3) is 0 Å². The number of nitrogens with one attached hydrogen (secondary N) is 2. The van der Waals surface area contributed by atoms with Crippen LogP contribution in [0.1, 0.15) is 46.0 Å². The van der Waals surface area contributed by atoms with Crippen molar-refractivity contribution in [2.75, 3.05) is 13.1 Å². The van der Waals surface area contributed by atoms with Crippen LogP contribution in [0.5, 0.6) is 0 Å². The highest BCUT2D eigenvalue weighted by Crippen LogP contribution is 2.06. The summed E-state index contributed by atoms with van der Waals surface area (Å²) in [6, 6.07) is 1.42. The molecule has 1 fully saturated rings. The zero-order valence-corrected chi connectivity index (χ0v) is 9.10. The van der Waals surface area contributed by atoms with Gasteiger partial charge in [0.1, 0.15) is 0 Å². The maximum absolute atomic E-state index is 3.59. The Morgan fingerprint density at radius 2 is 2.31 bits per heavy atom. The predicted molar refractivity (Wildman–Crippen MR) is 58.0 cm³/mol. The fourth-order valence-electron chi connectivity index (χ4n) is 1.98. The van der Waals surface area contributed by atoms with Gasteiger partial charge in [0, 0.05) is 18.6 Å². The van der Waals surface area contributed by atoms with Gasteiger partial charge in [-0.25, -0.2) is 0 Å². The lowest BCUT2D eigenvalue weighted by atomic mass is 10.0. The number of piperidine rings is 1. The first-order valence-corrected chi connectivity index (χ1v) is 5.79. The molecule has 0 aliphatic carbocycles. The van der Waals surface area contributed by atoms with Crippen molar-refractivity contribution in [2.24, 2.45) is 0 Å². The Balaban J connectivity index is 2.03. The van der Waals surface area contributed by atoms with Crippen molar-refractivity contribution in [3.63, 3.8) is 0 Å². The van der Waals surface area contributed by atoms with E-state index in [2.05, 4.69) is 24.5 Å². The van der Waals surface area contributed by atoms with Crippen molar-refractivity contribution in [1.29, 1.82) is 0 Å². The fraction of sp³-hybridized carbons (Fsp3) is 1.00. The highest BCUT2D eigenvalue weighted by atomic mass is 15.0. The average molecular weight is 184 g/mol. The lowest BCUT2D eigenvalue weighted by Gasteiger charge is -2.25. The van der Waals surface area contributed by atoms with Gasteiger partial charge in [-0.3, -0.25) is 0 Å². The van der Waals surface area contributed by atoms with E-state index in [0.29, 0.717) is 6.04 Å². The zero-order chi connectivity index (χ0) is 9.52. The van der Waals surface area contributed by atoms with E-state index in [9.17, 15) is 0 Å². The van der Waals surface area contributed by atoms with E-state index in [1.807, 2.05) is 0 Å². The normalized spacial score (nSPS) is 25.8. The van der Waals surface area contributed by atoms with Gasteiger partial charge in [0.15, 0.2) is 0 Å². The summed E-state index contributed by atoms with van der Waals surface area (Å²) < 4.78 is 0. The van der Waals surface area contributed by atoms with Crippen LogP contribution in [0.15, 0.2) is 0 Å². The largest absolute Gasteiger partial charge is 0.313 e. The quantitative estimate of drug-likeness (QED) is 0.682. The molecule has 13 heavy (non-hydrogen) atoms. The summed E-state index contributed by atoms with van der Waals surface area (Å²) in [5, 5.41) is 7.14.